The molecular weight excluding hydrogens is 228 g/mol. The largest absolute Gasteiger partial charge is 0.624 e. The maximum absolute atomic E-state index is 11.4. The van der Waals surface area contributed by atoms with Crippen LogP contribution in [0.5, 0.6) is 0 Å². The maximum atomic E-state index is 11.4. The molecule has 0 fully saturated rings. The fourth-order valence-electron chi connectivity index (χ4n) is 1.69. The SMILES string of the molecule is CCCCCC/[N+]([O-])=C/C=[N+](\[O-])CCCCCC. The monoisotopic (exact) mass is 256 g/mol. The van der Waals surface area contributed by atoms with Gasteiger partial charge in [0.25, 0.3) is 0 Å². The van der Waals surface area contributed by atoms with Gasteiger partial charge in [-0.05, 0) is 12.8 Å². The first-order chi connectivity index (χ1) is 8.70. The van der Waals surface area contributed by atoms with Gasteiger partial charge in [0, 0.05) is 12.8 Å². The van der Waals surface area contributed by atoms with Crippen LogP contribution >= 0.6 is 0 Å². The van der Waals surface area contributed by atoms with Crippen LogP contribution in [-0.4, -0.2) is 35.0 Å². The molecule has 4 heteroatoms. The van der Waals surface area contributed by atoms with Gasteiger partial charge in [0.05, 0.1) is 0 Å². The summed E-state index contributed by atoms with van der Waals surface area (Å²) >= 11 is 0. The Hall–Kier alpha value is -1.06. The van der Waals surface area contributed by atoms with Gasteiger partial charge in [0.15, 0.2) is 13.1 Å². The van der Waals surface area contributed by atoms with E-state index in [1.165, 1.54) is 38.1 Å². The second kappa shape index (κ2) is 12.4. The minimum atomic E-state index is 0.486. The molecule has 0 heterocycles. The molecule has 0 aromatic carbocycles. The number of rotatable bonds is 11. The van der Waals surface area contributed by atoms with E-state index in [1.54, 1.807) is 0 Å². The van der Waals surface area contributed by atoms with Crippen LogP contribution in [0.4, 0.5) is 0 Å². The van der Waals surface area contributed by atoms with Crippen molar-refractivity contribution in [3.63, 3.8) is 0 Å². The summed E-state index contributed by atoms with van der Waals surface area (Å²) in [4.78, 5) is 0. The van der Waals surface area contributed by atoms with Gasteiger partial charge in [0.1, 0.15) is 0 Å². The summed E-state index contributed by atoms with van der Waals surface area (Å²) in [5.41, 5.74) is 0. The second-order valence-corrected chi connectivity index (χ2v) is 4.70. The lowest BCUT2D eigenvalue weighted by Crippen LogP contribution is -2.13. The lowest BCUT2D eigenvalue weighted by molar-refractivity contribution is -0.465. The van der Waals surface area contributed by atoms with Gasteiger partial charge < -0.3 is 10.4 Å². The average molecular weight is 256 g/mol. The normalized spacial score (nSPS) is 13.0. The zero-order valence-electron chi connectivity index (χ0n) is 11.9. The Balaban J connectivity index is 3.72. The predicted molar refractivity (Wildman–Crippen MR) is 77.4 cm³/mol. The Morgan fingerprint density at radius 3 is 1.39 bits per heavy atom. The predicted octanol–water partition coefficient (Wildman–Crippen LogP) is 3.31. The van der Waals surface area contributed by atoms with Crippen LogP contribution in [-0.2, 0) is 0 Å². The van der Waals surface area contributed by atoms with Gasteiger partial charge in [-0.3, -0.25) is 0 Å². The summed E-state index contributed by atoms with van der Waals surface area (Å²) in [6, 6.07) is 0. The molecule has 0 amide bonds. The molecule has 0 unspecified atom stereocenters. The molecule has 0 spiro atoms. The van der Waals surface area contributed by atoms with Gasteiger partial charge in [0.2, 0.25) is 12.4 Å². The van der Waals surface area contributed by atoms with E-state index in [0.717, 1.165) is 35.2 Å². The van der Waals surface area contributed by atoms with Crippen molar-refractivity contribution in [1.29, 1.82) is 0 Å². The van der Waals surface area contributed by atoms with Gasteiger partial charge in [-0.15, -0.1) is 0 Å². The van der Waals surface area contributed by atoms with Crippen LogP contribution < -0.4 is 0 Å². The molecule has 0 rings (SSSR count). The minimum Gasteiger partial charge on any atom is -0.624 e. The molecule has 0 aliphatic heterocycles. The Morgan fingerprint density at radius 2 is 1.06 bits per heavy atom. The maximum Gasteiger partial charge on any atom is 0.239 e. The first-order valence-corrected chi connectivity index (χ1v) is 7.26. The van der Waals surface area contributed by atoms with E-state index in [0.29, 0.717) is 13.1 Å². The Kier molecular flexibility index (Phi) is 11.7. The smallest absolute Gasteiger partial charge is 0.239 e. The van der Waals surface area contributed by atoms with Crippen molar-refractivity contribution < 1.29 is 9.48 Å². The van der Waals surface area contributed by atoms with Crippen molar-refractivity contribution >= 4 is 12.4 Å². The number of hydrogen-bond acceptors (Lipinski definition) is 2. The molecular formula is C14H28N2O2. The highest BCUT2D eigenvalue weighted by atomic mass is 16.5. The van der Waals surface area contributed by atoms with E-state index in [4.69, 9.17) is 0 Å². The molecule has 0 N–H and O–H groups in total. The van der Waals surface area contributed by atoms with Crippen LogP contribution in [0, 0.1) is 10.4 Å². The first kappa shape index (κ1) is 16.9. The quantitative estimate of drug-likeness (QED) is 0.187. The van der Waals surface area contributed by atoms with Gasteiger partial charge in [-0.1, -0.05) is 39.5 Å². The minimum absolute atomic E-state index is 0.486. The van der Waals surface area contributed by atoms with Crippen molar-refractivity contribution in [2.75, 3.05) is 13.1 Å². The van der Waals surface area contributed by atoms with E-state index >= 15 is 0 Å². The highest BCUT2D eigenvalue weighted by Gasteiger charge is 1.97. The Labute approximate surface area is 111 Å². The van der Waals surface area contributed by atoms with Gasteiger partial charge in [-0.2, -0.15) is 0 Å². The average Bonchev–Trinajstić information content (AvgIpc) is 2.37. The van der Waals surface area contributed by atoms with Crippen molar-refractivity contribution in [3.8, 4) is 0 Å². The molecule has 0 radical (unpaired) electrons. The number of unbranched alkanes of at least 4 members (excludes halogenated alkanes) is 6. The standard InChI is InChI=1S/C14H28N2O2/c1-3-5-7-9-11-15(17)13-14-16(18)12-10-8-6-4-2/h13-14H,3-12H2,1-2H3/b15-13-,16-14-. The molecule has 0 aromatic heterocycles. The fourth-order valence-corrected chi connectivity index (χ4v) is 1.69. The van der Waals surface area contributed by atoms with Gasteiger partial charge >= 0.3 is 0 Å². The van der Waals surface area contributed by atoms with Crippen molar-refractivity contribution in [2.24, 2.45) is 0 Å². The van der Waals surface area contributed by atoms with Gasteiger partial charge in [-0.25, -0.2) is 9.48 Å². The number of nitrogens with zero attached hydrogens (tertiary/aromatic N) is 2. The lowest BCUT2D eigenvalue weighted by atomic mass is 10.2. The van der Waals surface area contributed by atoms with Crippen molar-refractivity contribution in [1.82, 2.24) is 0 Å². The first-order valence-electron chi connectivity index (χ1n) is 7.26. The number of hydroxylamine groups is 2. The third-order valence-corrected chi connectivity index (χ3v) is 2.86. The zero-order chi connectivity index (χ0) is 13.6. The van der Waals surface area contributed by atoms with Crippen LogP contribution in [0.15, 0.2) is 0 Å². The molecule has 0 bridgehead atoms. The summed E-state index contributed by atoms with van der Waals surface area (Å²) in [6.45, 7) is 5.26. The van der Waals surface area contributed by atoms with Crippen molar-refractivity contribution in [2.45, 2.75) is 65.2 Å². The topological polar surface area (TPSA) is 52.1 Å². The molecule has 106 valence electrons. The van der Waals surface area contributed by atoms with E-state index < -0.39 is 0 Å². The summed E-state index contributed by atoms with van der Waals surface area (Å²) in [7, 11) is 0. The van der Waals surface area contributed by atoms with E-state index in [1.807, 2.05) is 0 Å². The second-order valence-electron chi connectivity index (χ2n) is 4.70. The van der Waals surface area contributed by atoms with Crippen LogP contribution in [0.2, 0.25) is 0 Å². The summed E-state index contributed by atoms with van der Waals surface area (Å²) in [5.74, 6) is 0. The zero-order valence-corrected chi connectivity index (χ0v) is 11.9. The highest BCUT2D eigenvalue weighted by molar-refractivity contribution is 6.10. The molecule has 0 aromatic rings. The van der Waals surface area contributed by atoms with Crippen LogP contribution in [0.3, 0.4) is 0 Å². The molecule has 18 heavy (non-hydrogen) atoms. The fraction of sp³-hybridized carbons (Fsp3) is 0.857. The van der Waals surface area contributed by atoms with E-state index in [9.17, 15) is 10.4 Å². The third-order valence-electron chi connectivity index (χ3n) is 2.86. The summed E-state index contributed by atoms with van der Waals surface area (Å²) in [5, 5.41) is 22.7. The molecule has 4 nitrogen and oxygen atoms in total. The Bertz CT molecular complexity index is 224. The van der Waals surface area contributed by atoms with Crippen LogP contribution in [0.25, 0.3) is 0 Å². The van der Waals surface area contributed by atoms with Crippen LogP contribution in [0.1, 0.15) is 65.2 Å². The Morgan fingerprint density at radius 1 is 0.667 bits per heavy atom. The highest BCUT2D eigenvalue weighted by Crippen LogP contribution is 1.98. The number of hydrogen-bond donors (Lipinski definition) is 0. The van der Waals surface area contributed by atoms with E-state index in [2.05, 4.69) is 13.8 Å². The van der Waals surface area contributed by atoms with Crippen molar-refractivity contribution in [3.05, 3.63) is 10.4 Å². The molecule has 0 saturated carbocycles. The molecule has 0 atom stereocenters. The molecule has 0 aliphatic carbocycles. The lowest BCUT2D eigenvalue weighted by Gasteiger charge is -2.03. The van der Waals surface area contributed by atoms with E-state index in [-0.39, 0.29) is 0 Å². The summed E-state index contributed by atoms with van der Waals surface area (Å²) in [6.07, 6.45) is 11.3. The third kappa shape index (κ3) is 11.4. The summed E-state index contributed by atoms with van der Waals surface area (Å²) < 4.78 is 1.71. The molecule has 0 aliphatic rings. The molecule has 0 saturated heterocycles.